The molecule has 0 radical (unpaired) electrons. The Kier molecular flexibility index (Phi) is 3.83. The fourth-order valence-electron chi connectivity index (χ4n) is 0.142. The number of nitrogens with zero attached hydrogens (tertiary/aromatic N) is 1. The molecule has 5 heteroatoms. The lowest BCUT2D eigenvalue weighted by Gasteiger charge is -1.44. The third-order valence-corrected chi connectivity index (χ3v) is 2.18. The Balaban J connectivity index is 0.000000360. The van der Waals surface area contributed by atoms with Crippen molar-refractivity contribution in [3.8, 4) is 0 Å². The Labute approximate surface area is 60.7 Å². The van der Waals surface area contributed by atoms with Gasteiger partial charge in [-0.25, -0.2) is 0 Å². The minimum Gasteiger partial charge on any atom is -1.00 e. The summed E-state index contributed by atoms with van der Waals surface area (Å²) in [5.74, 6) is 0. The molecule has 1 nitrogen and oxygen atoms in total. The highest BCUT2D eigenvalue weighted by atomic mass is 35.5. The maximum atomic E-state index is 5.42. The van der Waals surface area contributed by atoms with E-state index in [1.807, 2.05) is 0 Å². The molecule has 0 saturated heterocycles. The fourth-order valence-corrected chi connectivity index (χ4v) is 1.53. The highest BCUT2D eigenvalue weighted by Gasteiger charge is 1.97. The van der Waals surface area contributed by atoms with Crippen molar-refractivity contribution in [1.82, 2.24) is 3.76 Å². The molecule has 0 saturated carbocycles. The molecule has 0 fully saturated rings. The molecule has 0 aliphatic carbocycles. The highest BCUT2D eigenvalue weighted by Crippen LogP contribution is 2.14. The zero-order chi connectivity index (χ0) is 4.41. The molecular weight excluding hydrogens is 173 g/mol. The Bertz CT molecular complexity index is 117. The molecule has 0 atom stereocenters. The third kappa shape index (κ3) is 2.39. The van der Waals surface area contributed by atoms with Gasteiger partial charge in [-0.2, -0.15) is 0 Å². The van der Waals surface area contributed by atoms with Crippen molar-refractivity contribution < 1.29 is 12.4 Å². The second-order valence-corrected chi connectivity index (χ2v) is 2.99. The van der Waals surface area contributed by atoms with Gasteiger partial charge in [-0.05, 0) is 11.6 Å². The molecule has 1 aromatic rings. The van der Waals surface area contributed by atoms with E-state index in [4.69, 9.17) is 11.6 Å². The molecule has 0 aliphatic rings. The van der Waals surface area contributed by atoms with Crippen molar-refractivity contribution in [1.29, 1.82) is 0 Å². The van der Waals surface area contributed by atoms with Gasteiger partial charge in [-0.3, -0.25) is 0 Å². The fraction of sp³-hybridized carbons (Fsp3) is 0. The van der Waals surface area contributed by atoms with Gasteiger partial charge in [0, 0.05) is 0 Å². The molecule has 7 heavy (non-hydrogen) atoms. The molecule has 0 aliphatic heterocycles. The quantitative estimate of drug-likeness (QED) is 0.466. The largest absolute Gasteiger partial charge is 1.00 e. The van der Waals surface area contributed by atoms with Crippen LogP contribution in [0.1, 0.15) is 0 Å². The first kappa shape index (κ1) is 7.56. The Morgan fingerprint density at radius 2 is 2.57 bits per heavy atom. The van der Waals surface area contributed by atoms with Crippen LogP contribution in [-0.4, -0.2) is 3.76 Å². The Hall–Kier alpha value is 0.560. The van der Waals surface area contributed by atoms with Gasteiger partial charge in [0.1, 0.15) is 0 Å². The van der Waals surface area contributed by atoms with E-state index in [-0.39, 0.29) is 12.4 Å². The summed E-state index contributed by atoms with van der Waals surface area (Å²) in [4.78, 5) is 0. The van der Waals surface area contributed by atoms with Gasteiger partial charge in [0.2, 0.25) is 23.1 Å². The van der Waals surface area contributed by atoms with Crippen LogP contribution in [0.2, 0.25) is 4.34 Å². The molecule has 1 heterocycles. The lowest BCUT2D eigenvalue weighted by Crippen LogP contribution is -3.00. The van der Waals surface area contributed by atoms with Crippen LogP contribution < -0.4 is 12.4 Å². The normalized spacial score (nSPS) is 7.57. The van der Waals surface area contributed by atoms with Crippen LogP contribution in [0.25, 0.3) is 0 Å². The number of halogens is 2. The first-order chi connectivity index (χ1) is 2.89. The maximum absolute atomic E-state index is 5.42. The number of hydrogen-bond acceptors (Lipinski definition) is 2. The van der Waals surface area contributed by atoms with Gasteiger partial charge in [0.15, 0.2) is 5.38 Å². The Morgan fingerprint density at radius 3 is 2.71 bits per heavy atom. The van der Waals surface area contributed by atoms with E-state index in [2.05, 4.69) is 3.76 Å². The molecule has 0 amide bonds. The average Bonchev–Trinajstić information content (AvgIpc) is 1.86. The average molecular weight is 174 g/mol. The standard InChI is InChI=1S/C2HClNS2.ClH/c3-2-1-5-4-6-2;/h1H;1H/q+1;/p-1. The number of hydrogen-bond donors (Lipinski definition) is 0. The van der Waals surface area contributed by atoms with Crippen molar-refractivity contribution in [2.45, 2.75) is 0 Å². The van der Waals surface area contributed by atoms with Gasteiger partial charge in [-0.15, -0.1) is 0 Å². The number of aromatic nitrogens is 1. The van der Waals surface area contributed by atoms with Crippen molar-refractivity contribution in [2.24, 2.45) is 0 Å². The zero-order valence-electron chi connectivity index (χ0n) is 3.10. The summed E-state index contributed by atoms with van der Waals surface area (Å²) in [6.45, 7) is 0. The van der Waals surface area contributed by atoms with Gasteiger partial charge < -0.3 is 12.4 Å². The molecule has 0 aromatic carbocycles. The maximum Gasteiger partial charge on any atom is 0.255 e. The molecule has 1 aromatic heterocycles. The lowest BCUT2D eigenvalue weighted by atomic mass is 11.1. The molecule has 40 valence electrons. The summed E-state index contributed by atoms with van der Waals surface area (Å²) in [6, 6.07) is 0. The summed E-state index contributed by atoms with van der Waals surface area (Å²) in [7, 11) is 0. The topological polar surface area (TPSA) is 12.9 Å². The smallest absolute Gasteiger partial charge is 0.255 e. The Morgan fingerprint density at radius 1 is 1.86 bits per heavy atom. The van der Waals surface area contributed by atoms with E-state index >= 15 is 0 Å². The van der Waals surface area contributed by atoms with Crippen LogP contribution in [0.4, 0.5) is 0 Å². The predicted octanol–water partition coefficient (Wildman–Crippen LogP) is -0.857. The molecule has 0 bridgehead atoms. The summed E-state index contributed by atoms with van der Waals surface area (Å²) in [5, 5.41) is 1.80. The van der Waals surface area contributed by atoms with Gasteiger partial charge in [0.05, 0.1) is 3.76 Å². The van der Waals surface area contributed by atoms with Crippen molar-refractivity contribution in [2.75, 3.05) is 0 Å². The third-order valence-electron chi connectivity index (χ3n) is 0.313. The second-order valence-electron chi connectivity index (χ2n) is 0.693. The van der Waals surface area contributed by atoms with E-state index in [9.17, 15) is 0 Å². The van der Waals surface area contributed by atoms with E-state index in [0.29, 0.717) is 0 Å². The van der Waals surface area contributed by atoms with E-state index in [1.165, 1.54) is 23.1 Å². The minimum atomic E-state index is 0. The van der Waals surface area contributed by atoms with E-state index in [0.717, 1.165) is 4.34 Å². The lowest BCUT2D eigenvalue weighted by molar-refractivity contribution is -0.00000110. The van der Waals surface area contributed by atoms with E-state index < -0.39 is 0 Å². The molecule has 1 rings (SSSR count). The summed E-state index contributed by atoms with van der Waals surface area (Å²) in [6.07, 6.45) is 0. The molecule has 0 N–H and O–H groups in total. The van der Waals surface area contributed by atoms with Crippen LogP contribution in [0.15, 0.2) is 5.38 Å². The molecule has 0 spiro atoms. The van der Waals surface area contributed by atoms with Gasteiger partial charge in [-0.1, -0.05) is 0 Å². The molecule has 0 unspecified atom stereocenters. The SMILES string of the molecule is Clc1c[s+]ns1.[Cl-]. The summed E-state index contributed by atoms with van der Waals surface area (Å²) in [5.41, 5.74) is 0. The zero-order valence-corrected chi connectivity index (χ0v) is 6.24. The van der Waals surface area contributed by atoms with Crippen LogP contribution in [0.5, 0.6) is 0 Å². The summed E-state index contributed by atoms with van der Waals surface area (Å²) >= 11 is 8.11. The van der Waals surface area contributed by atoms with Crippen molar-refractivity contribution in [3.63, 3.8) is 0 Å². The first-order valence-corrected chi connectivity index (χ1v) is 3.27. The van der Waals surface area contributed by atoms with Gasteiger partial charge >= 0.3 is 0 Å². The van der Waals surface area contributed by atoms with Gasteiger partial charge in [0.25, 0.3) is 4.34 Å². The predicted molar refractivity (Wildman–Crippen MR) is 29.4 cm³/mol. The van der Waals surface area contributed by atoms with Crippen molar-refractivity contribution in [3.05, 3.63) is 9.72 Å². The number of rotatable bonds is 0. The van der Waals surface area contributed by atoms with Crippen LogP contribution in [-0.2, 0) is 0 Å². The van der Waals surface area contributed by atoms with Crippen LogP contribution >= 0.6 is 34.7 Å². The first-order valence-electron chi connectivity index (χ1n) is 1.28. The minimum absolute atomic E-state index is 0. The monoisotopic (exact) mass is 173 g/mol. The molecular formula is C2HCl2NS2. The second kappa shape index (κ2) is 3.55. The van der Waals surface area contributed by atoms with Crippen LogP contribution in [0.3, 0.4) is 0 Å². The van der Waals surface area contributed by atoms with Crippen LogP contribution in [0, 0.1) is 0 Å². The van der Waals surface area contributed by atoms with Crippen molar-refractivity contribution >= 4 is 34.7 Å². The van der Waals surface area contributed by atoms with E-state index in [1.54, 1.807) is 5.38 Å². The summed E-state index contributed by atoms with van der Waals surface area (Å²) < 4.78 is 4.54. The highest BCUT2D eigenvalue weighted by molar-refractivity contribution is 7.22.